The van der Waals surface area contributed by atoms with Gasteiger partial charge in [-0.1, -0.05) is 19.1 Å². The largest absolute Gasteiger partial charge is 0.496 e. The van der Waals surface area contributed by atoms with Crippen LogP contribution in [0.1, 0.15) is 47.4 Å². The zero-order valence-electron chi connectivity index (χ0n) is 20.5. The minimum atomic E-state index is -0.416. The summed E-state index contributed by atoms with van der Waals surface area (Å²) in [7, 11) is 5.89. The Morgan fingerprint density at radius 2 is 1.12 bits per heavy atom. The highest BCUT2D eigenvalue weighted by Gasteiger charge is 2.23. The van der Waals surface area contributed by atoms with Crippen molar-refractivity contribution in [2.45, 2.75) is 38.9 Å². The summed E-state index contributed by atoms with van der Waals surface area (Å²) < 4.78 is 33.7. The third kappa shape index (κ3) is 6.43. The number of aldehydes is 2. The molecule has 2 atom stereocenters. The summed E-state index contributed by atoms with van der Waals surface area (Å²) in [4.78, 5) is 22.9. The molecule has 0 radical (unpaired) electrons. The number of hydrogen-bond donors (Lipinski definition) is 0. The second kappa shape index (κ2) is 13.1. The molecule has 2 aromatic carbocycles. The van der Waals surface area contributed by atoms with Gasteiger partial charge in [0.25, 0.3) is 0 Å². The summed E-state index contributed by atoms with van der Waals surface area (Å²) in [6.07, 6.45) is 6.06. The van der Waals surface area contributed by atoms with Gasteiger partial charge in [-0.25, -0.2) is 0 Å². The molecule has 0 aromatic heterocycles. The number of rotatable bonds is 14. The van der Waals surface area contributed by atoms with Crippen LogP contribution in [0.5, 0.6) is 34.5 Å². The molecule has 8 heteroatoms. The summed E-state index contributed by atoms with van der Waals surface area (Å²) in [5, 5.41) is 0. The molecular weight excluding hydrogens is 440 g/mol. The number of ether oxygens (including phenoxy) is 6. The van der Waals surface area contributed by atoms with E-state index in [2.05, 4.69) is 0 Å². The quantitative estimate of drug-likeness (QED) is 0.283. The molecule has 8 nitrogen and oxygen atoms in total. The molecule has 0 saturated carbocycles. The Bertz CT molecular complexity index is 948. The van der Waals surface area contributed by atoms with E-state index in [9.17, 15) is 9.59 Å². The van der Waals surface area contributed by atoms with E-state index in [4.69, 9.17) is 28.4 Å². The number of carbonyl (C=O) groups is 2. The Labute approximate surface area is 200 Å². The number of hydrogen-bond acceptors (Lipinski definition) is 8. The minimum Gasteiger partial charge on any atom is -0.496 e. The predicted octanol–water partition coefficient (Wildman–Crippen LogP) is 4.92. The SMILES string of the molecule is CC/C=C\C[C@@H](Oc1cc(OC)c(C=O)c(OC)c1)C(C)Oc1cc(OC)c(C=O)c(OC)c1. The molecule has 0 bridgehead atoms. The molecule has 0 aliphatic heterocycles. The second-order valence-corrected chi connectivity index (χ2v) is 7.31. The first kappa shape index (κ1) is 26.6. The fourth-order valence-electron chi connectivity index (χ4n) is 3.40. The average molecular weight is 473 g/mol. The first-order valence-corrected chi connectivity index (χ1v) is 10.9. The molecule has 184 valence electrons. The van der Waals surface area contributed by atoms with Crippen molar-refractivity contribution in [1.29, 1.82) is 0 Å². The molecule has 0 amide bonds. The third-order valence-corrected chi connectivity index (χ3v) is 5.17. The summed E-state index contributed by atoms with van der Waals surface area (Å²) in [5.41, 5.74) is 0.608. The van der Waals surface area contributed by atoms with Gasteiger partial charge in [-0.15, -0.1) is 0 Å². The standard InChI is InChI=1S/C26H32O8/c1-7-8-9-10-22(34-19-13-25(31-5)21(16-28)26(14-19)32-6)17(2)33-18-11-23(29-3)20(15-27)24(12-18)30-4/h8-9,11-17,22H,7,10H2,1-6H3/b9-8-/t17?,22-/m1/s1. The Morgan fingerprint density at radius 3 is 1.47 bits per heavy atom. The molecule has 2 rings (SSSR count). The lowest BCUT2D eigenvalue weighted by molar-refractivity contribution is 0.0667. The minimum absolute atomic E-state index is 0.304. The van der Waals surface area contributed by atoms with Crippen LogP contribution < -0.4 is 28.4 Å². The lowest BCUT2D eigenvalue weighted by Crippen LogP contribution is -2.33. The van der Waals surface area contributed by atoms with Gasteiger partial charge in [-0.3, -0.25) is 9.59 Å². The van der Waals surface area contributed by atoms with Gasteiger partial charge in [0.05, 0.1) is 39.6 Å². The fraction of sp³-hybridized carbons (Fsp3) is 0.385. The molecule has 2 aromatic rings. The first-order chi connectivity index (χ1) is 16.5. The van der Waals surface area contributed by atoms with Crippen LogP contribution in [0.3, 0.4) is 0 Å². The molecule has 0 N–H and O–H groups in total. The predicted molar refractivity (Wildman–Crippen MR) is 128 cm³/mol. The third-order valence-electron chi connectivity index (χ3n) is 5.17. The van der Waals surface area contributed by atoms with Gasteiger partial charge in [0.1, 0.15) is 46.7 Å². The molecule has 0 heterocycles. The molecule has 0 aliphatic rings. The van der Waals surface area contributed by atoms with Gasteiger partial charge in [0.15, 0.2) is 12.6 Å². The fourth-order valence-corrected chi connectivity index (χ4v) is 3.40. The van der Waals surface area contributed by atoms with Crippen molar-refractivity contribution in [1.82, 2.24) is 0 Å². The molecule has 0 spiro atoms. The topological polar surface area (TPSA) is 89.5 Å². The van der Waals surface area contributed by atoms with Crippen molar-refractivity contribution in [3.8, 4) is 34.5 Å². The van der Waals surface area contributed by atoms with Crippen molar-refractivity contribution in [3.05, 3.63) is 47.5 Å². The Balaban J connectivity index is 2.37. The highest BCUT2D eigenvalue weighted by atomic mass is 16.5. The van der Waals surface area contributed by atoms with Crippen LogP contribution in [-0.4, -0.2) is 53.2 Å². The van der Waals surface area contributed by atoms with E-state index in [1.165, 1.54) is 28.4 Å². The van der Waals surface area contributed by atoms with E-state index < -0.39 is 12.2 Å². The van der Waals surface area contributed by atoms with Gasteiger partial charge in [-0.05, 0) is 13.3 Å². The van der Waals surface area contributed by atoms with E-state index in [1.807, 2.05) is 26.0 Å². The molecule has 0 saturated heterocycles. The Morgan fingerprint density at radius 1 is 0.706 bits per heavy atom. The average Bonchev–Trinajstić information content (AvgIpc) is 2.86. The smallest absolute Gasteiger partial charge is 0.157 e. The maximum absolute atomic E-state index is 11.5. The van der Waals surface area contributed by atoms with Crippen LogP contribution in [-0.2, 0) is 0 Å². The summed E-state index contributed by atoms with van der Waals surface area (Å²) >= 11 is 0. The van der Waals surface area contributed by atoms with Gasteiger partial charge in [-0.2, -0.15) is 0 Å². The van der Waals surface area contributed by atoms with Crippen molar-refractivity contribution in [2.75, 3.05) is 28.4 Å². The Hall–Kier alpha value is -3.68. The summed E-state index contributed by atoms with van der Waals surface area (Å²) in [6.45, 7) is 3.93. The molecule has 0 aliphatic carbocycles. The van der Waals surface area contributed by atoms with Crippen LogP contribution in [0.15, 0.2) is 36.4 Å². The van der Waals surface area contributed by atoms with Crippen LogP contribution >= 0.6 is 0 Å². The van der Waals surface area contributed by atoms with Crippen LogP contribution in [0.25, 0.3) is 0 Å². The van der Waals surface area contributed by atoms with E-state index in [0.29, 0.717) is 64.6 Å². The Kier molecular flexibility index (Phi) is 10.3. The van der Waals surface area contributed by atoms with Crippen molar-refractivity contribution >= 4 is 12.6 Å². The lowest BCUT2D eigenvalue weighted by Gasteiger charge is -2.26. The van der Waals surface area contributed by atoms with Crippen molar-refractivity contribution in [2.24, 2.45) is 0 Å². The molecule has 1 unspecified atom stereocenters. The second-order valence-electron chi connectivity index (χ2n) is 7.31. The number of benzene rings is 2. The number of carbonyl (C=O) groups excluding carboxylic acids is 2. The van der Waals surface area contributed by atoms with Gasteiger partial charge >= 0.3 is 0 Å². The lowest BCUT2D eigenvalue weighted by atomic mass is 10.1. The van der Waals surface area contributed by atoms with Gasteiger partial charge in [0.2, 0.25) is 0 Å². The highest BCUT2D eigenvalue weighted by molar-refractivity contribution is 5.85. The monoisotopic (exact) mass is 472 g/mol. The van der Waals surface area contributed by atoms with E-state index >= 15 is 0 Å². The van der Waals surface area contributed by atoms with E-state index in [-0.39, 0.29) is 0 Å². The molecule has 0 fully saturated rings. The van der Waals surface area contributed by atoms with E-state index in [1.54, 1.807) is 24.3 Å². The van der Waals surface area contributed by atoms with Crippen molar-refractivity contribution < 1.29 is 38.0 Å². The van der Waals surface area contributed by atoms with Crippen LogP contribution in [0.4, 0.5) is 0 Å². The summed E-state index contributed by atoms with van der Waals surface area (Å²) in [6, 6.07) is 6.54. The van der Waals surface area contributed by atoms with Crippen LogP contribution in [0.2, 0.25) is 0 Å². The van der Waals surface area contributed by atoms with Crippen molar-refractivity contribution in [3.63, 3.8) is 0 Å². The molecular formula is C26H32O8. The first-order valence-electron chi connectivity index (χ1n) is 10.9. The van der Waals surface area contributed by atoms with E-state index in [0.717, 1.165) is 6.42 Å². The highest BCUT2D eigenvalue weighted by Crippen LogP contribution is 2.35. The number of methoxy groups -OCH3 is 4. The summed E-state index contributed by atoms with van der Waals surface area (Å²) in [5.74, 6) is 2.32. The van der Waals surface area contributed by atoms with Crippen LogP contribution in [0, 0.1) is 0 Å². The maximum atomic E-state index is 11.5. The maximum Gasteiger partial charge on any atom is 0.157 e. The van der Waals surface area contributed by atoms with Gasteiger partial charge in [0, 0.05) is 30.7 Å². The number of allylic oxidation sites excluding steroid dienone is 1. The zero-order chi connectivity index (χ0) is 25.1. The van der Waals surface area contributed by atoms with Gasteiger partial charge < -0.3 is 28.4 Å². The normalized spacial score (nSPS) is 12.5. The zero-order valence-corrected chi connectivity index (χ0v) is 20.5. The molecule has 34 heavy (non-hydrogen) atoms.